The molecule has 0 saturated carbocycles. The van der Waals surface area contributed by atoms with E-state index in [1.807, 2.05) is 0 Å². The molecule has 144 valence electrons. The highest BCUT2D eigenvalue weighted by atomic mass is 32.2. The van der Waals surface area contributed by atoms with Crippen molar-refractivity contribution in [2.75, 3.05) is 25.6 Å². The number of hydrogen-bond acceptors (Lipinski definition) is 5. The van der Waals surface area contributed by atoms with Crippen molar-refractivity contribution in [3.63, 3.8) is 0 Å². The van der Waals surface area contributed by atoms with Crippen LogP contribution in [0.1, 0.15) is 34.1 Å². The van der Waals surface area contributed by atoms with Crippen LogP contribution in [-0.2, 0) is 14.8 Å². The molecule has 0 heterocycles. The average molecular weight is 390 g/mol. The SMILES string of the molecule is COCCCNS(=O)(=O)c1cccc(C(=O)Nc2ccc(C(C)=O)cc2)c1. The Kier molecular flexibility index (Phi) is 7.23. The summed E-state index contributed by atoms with van der Waals surface area (Å²) in [5, 5.41) is 2.68. The van der Waals surface area contributed by atoms with E-state index in [9.17, 15) is 18.0 Å². The highest BCUT2D eigenvalue weighted by Crippen LogP contribution is 2.15. The summed E-state index contributed by atoms with van der Waals surface area (Å²) >= 11 is 0. The Balaban J connectivity index is 2.09. The maximum Gasteiger partial charge on any atom is 0.255 e. The fourth-order valence-electron chi connectivity index (χ4n) is 2.30. The third kappa shape index (κ3) is 5.99. The number of carbonyl (C=O) groups excluding carboxylic acids is 2. The summed E-state index contributed by atoms with van der Waals surface area (Å²) in [6, 6.07) is 12.3. The number of sulfonamides is 1. The molecule has 7 nitrogen and oxygen atoms in total. The number of rotatable bonds is 9. The Labute approximate surface area is 158 Å². The molecule has 0 fully saturated rings. The van der Waals surface area contributed by atoms with Gasteiger partial charge in [-0.15, -0.1) is 0 Å². The number of Topliss-reactive ketones (excluding diaryl/α,β-unsaturated/α-hetero) is 1. The normalized spacial score (nSPS) is 11.2. The third-order valence-corrected chi connectivity index (χ3v) is 5.23. The second kappa shape index (κ2) is 9.40. The lowest BCUT2D eigenvalue weighted by Gasteiger charge is -2.09. The molecule has 0 bridgehead atoms. The first-order valence-electron chi connectivity index (χ1n) is 8.34. The molecule has 0 atom stereocenters. The number of ketones is 1. The molecule has 2 aromatic carbocycles. The molecule has 8 heteroatoms. The topological polar surface area (TPSA) is 102 Å². The molecule has 2 aromatic rings. The quantitative estimate of drug-likeness (QED) is 0.506. The number of anilines is 1. The molecule has 0 saturated heterocycles. The zero-order valence-electron chi connectivity index (χ0n) is 15.2. The van der Waals surface area contributed by atoms with Gasteiger partial charge in [0.1, 0.15) is 0 Å². The second-order valence-corrected chi connectivity index (χ2v) is 7.63. The smallest absolute Gasteiger partial charge is 0.255 e. The number of ether oxygens (including phenoxy) is 1. The van der Waals surface area contributed by atoms with Crippen LogP contribution in [0.15, 0.2) is 53.4 Å². The monoisotopic (exact) mass is 390 g/mol. The van der Waals surface area contributed by atoms with E-state index in [4.69, 9.17) is 4.74 Å². The van der Waals surface area contributed by atoms with Crippen molar-refractivity contribution in [1.29, 1.82) is 0 Å². The van der Waals surface area contributed by atoms with E-state index in [0.717, 1.165) is 0 Å². The lowest BCUT2D eigenvalue weighted by atomic mass is 10.1. The van der Waals surface area contributed by atoms with E-state index >= 15 is 0 Å². The Bertz CT molecular complexity index is 908. The van der Waals surface area contributed by atoms with Crippen molar-refractivity contribution < 1.29 is 22.7 Å². The number of benzene rings is 2. The highest BCUT2D eigenvalue weighted by Gasteiger charge is 2.16. The van der Waals surface area contributed by atoms with E-state index < -0.39 is 15.9 Å². The van der Waals surface area contributed by atoms with Crippen molar-refractivity contribution in [2.45, 2.75) is 18.2 Å². The van der Waals surface area contributed by atoms with Crippen molar-refractivity contribution in [1.82, 2.24) is 4.72 Å². The number of nitrogens with one attached hydrogen (secondary N) is 2. The number of amides is 1. The molecule has 0 aromatic heterocycles. The molecule has 0 spiro atoms. The van der Waals surface area contributed by atoms with Crippen LogP contribution < -0.4 is 10.0 Å². The summed E-state index contributed by atoms with van der Waals surface area (Å²) in [4.78, 5) is 23.7. The zero-order chi connectivity index (χ0) is 19.9. The predicted octanol–water partition coefficient (Wildman–Crippen LogP) is 2.46. The van der Waals surface area contributed by atoms with Crippen LogP contribution in [0.5, 0.6) is 0 Å². The Hall–Kier alpha value is -2.55. The predicted molar refractivity (Wildman–Crippen MR) is 103 cm³/mol. The van der Waals surface area contributed by atoms with Gasteiger partial charge in [-0.1, -0.05) is 6.07 Å². The fraction of sp³-hybridized carbons (Fsp3) is 0.263. The van der Waals surface area contributed by atoms with Gasteiger partial charge in [-0.3, -0.25) is 9.59 Å². The van der Waals surface area contributed by atoms with Crippen molar-refractivity contribution >= 4 is 27.4 Å². The first-order valence-corrected chi connectivity index (χ1v) is 9.83. The number of hydrogen-bond donors (Lipinski definition) is 2. The van der Waals surface area contributed by atoms with Crippen molar-refractivity contribution in [3.8, 4) is 0 Å². The fourth-order valence-corrected chi connectivity index (χ4v) is 3.42. The lowest BCUT2D eigenvalue weighted by Crippen LogP contribution is -2.26. The first kappa shape index (κ1) is 20.8. The zero-order valence-corrected chi connectivity index (χ0v) is 16.0. The standard InChI is InChI=1S/C19H22N2O5S/c1-14(22)15-7-9-17(10-8-15)21-19(23)16-5-3-6-18(13-16)27(24,25)20-11-4-12-26-2/h3,5-10,13,20H,4,11-12H2,1-2H3,(H,21,23). The molecule has 0 unspecified atom stereocenters. The number of carbonyl (C=O) groups is 2. The van der Waals surface area contributed by atoms with Gasteiger partial charge in [-0.05, 0) is 55.8 Å². The molecule has 27 heavy (non-hydrogen) atoms. The molecular weight excluding hydrogens is 368 g/mol. The van der Waals surface area contributed by atoms with Gasteiger partial charge in [0.15, 0.2) is 5.78 Å². The maximum absolute atomic E-state index is 12.4. The molecule has 0 radical (unpaired) electrons. The summed E-state index contributed by atoms with van der Waals surface area (Å²) in [5.74, 6) is -0.509. The molecule has 0 aliphatic carbocycles. The van der Waals surface area contributed by atoms with Gasteiger partial charge in [0.05, 0.1) is 4.90 Å². The Morgan fingerprint density at radius 1 is 1.04 bits per heavy atom. The summed E-state index contributed by atoms with van der Waals surface area (Å²) in [6.45, 7) is 2.16. The van der Waals surface area contributed by atoms with Gasteiger partial charge < -0.3 is 10.1 Å². The summed E-state index contributed by atoms with van der Waals surface area (Å²) in [7, 11) is -2.16. The van der Waals surface area contributed by atoms with E-state index in [1.54, 1.807) is 31.4 Å². The second-order valence-electron chi connectivity index (χ2n) is 5.86. The molecule has 2 N–H and O–H groups in total. The molecule has 0 aliphatic heterocycles. The van der Waals surface area contributed by atoms with Crippen LogP contribution in [0.25, 0.3) is 0 Å². The summed E-state index contributed by atoms with van der Waals surface area (Å²) in [5.41, 5.74) is 1.27. The van der Waals surface area contributed by atoms with Crippen LogP contribution in [0.2, 0.25) is 0 Å². The average Bonchev–Trinajstić information content (AvgIpc) is 2.66. The summed E-state index contributed by atoms with van der Waals surface area (Å²) in [6.07, 6.45) is 0.548. The Morgan fingerprint density at radius 2 is 1.74 bits per heavy atom. The molecule has 1 amide bonds. The molecule has 2 rings (SSSR count). The van der Waals surface area contributed by atoms with Crippen LogP contribution in [0.4, 0.5) is 5.69 Å². The van der Waals surface area contributed by atoms with Crippen LogP contribution in [0.3, 0.4) is 0 Å². The van der Waals surface area contributed by atoms with E-state index in [-0.39, 0.29) is 22.8 Å². The lowest BCUT2D eigenvalue weighted by molar-refractivity contribution is 0.101. The van der Waals surface area contributed by atoms with Crippen LogP contribution in [-0.4, -0.2) is 40.4 Å². The van der Waals surface area contributed by atoms with Gasteiger partial charge in [0.25, 0.3) is 5.91 Å². The molecular formula is C19H22N2O5S. The van der Waals surface area contributed by atoms with Crippen molar-refractivity contribution in [3.05, 3.63) is 59.7 Å². The number of methoxy groups -OCH3 is 1. The minimum absolute atomic E-state index is 0.0134. The Morgan fingerprint density at radius 3 is 2.37 bits per heavy atom. The first-order chi connectivity index (χ1) is 12.8. The third-order valence-electron chi connectivity index (χ3n) is 3.77. The van der Waals surface area contributed by atoms with E-state index in [1.165, 1.54) is 31.2 Å². The van der Waals surface area contributed by atoms with Gasteiger partial charge in [0.2, 0.25) is 10.0 Å². The minimum Gasteiger partial charge on any atom is -0.385 e. The minimum atomic E-state index is -3.71. The van der Waals surface area contributed by atoms with Crippen molar-refractivity contribution in [2.24, 2.45) is 0 Å². The highest BCUT2D eigenvalue weighted by molar-refractivity contribution is 7.89. The van der Waals surface area contributed by atoms with Gasteiger partial charge in [0, 0.05) is 37.1 Å². The molecule has 0 aliphatic rings. The van der Waals surface area contributed by atoms with Crippen LogP contribution >= 0.6 is 0 Å². The van der Waals surface area contributed by atoms with E-state index in [2.05, 4.69) is 10.0 Å². The summed E-state index contributed by atoms with van der Waals surface area (Å²) < 4.78 is 32.0. The van der Waals surface area contributed by atoms with Crippen LogP contribution in [0, 0.1) is 0 Å². The van der Waals surface area contributed by atoms with E-state index in [0.29, 0.717) is 24.3 Å². The van der Waals surface area contributed by atoms with Gasteiger partial charge >= 0.3 is 0 Å². The van der Waals surface area contributed by atoms with Gasteiger partial charge in [-0.2, -0.15) is 0 Å². The largest absolute Gasteiger partial charge is 0.385 e. The van der Waals surface area contributed by atoms with Gasteiger partial charge in [-0.25, -0.2) is 13.1 Å². The maximum atomic E-state index is 12.4.